The van der Waals surface area contributed by atoms with E-state index in [4.69, 9.17) is 28.6 Å². The standard InChI is InChI=1S/C31H35ClN2O2S/c1-20-21(2)29-26(22(3)28(20)35)14-15-31(4,36-29)30(37)34-18-16-33(17-19-34)27(23-8-6-5-7-9-23)24-10-12-25(32)13-11-24/h5-13,27,35H,14-19H2,1-4H3. The fourth-order valence-corrected chi connectivity index (χ4v) is 6.26. The summed E-state index contributed by atoms with van der Waals surface area (Å²) in [5, 5.41) is 11.3. The maximum atomic E-state index is 10.5. The normalized spacial score (nSPS) is 20.7. The van der Waals surface area contributed by atoms with Crippen molar-refractivity contribution < 1.29 is 9.84 Å². The first-order valence-corrected chi connectivity index (χ1v) is 13.8. The molecule has 0 aliphatic carbocycles. The molecule has 1 saturated heterocycles. The highest BCUT2D eigenvalue weighted by Gasteiger charge is 2.41. The minimum Gasteiger partial charge on any atom is -0.507 e. The van der Waals surface area contributed by atoms with Crippen molar-refractivity contribution in [2.45, 2.75) is 52.2 Å². The van der Waals surface area contributed by atoms with Crippen molar-refractivity contribution >= 4 is 28.8 Å². The Hall–Kier alpha value is -2.60. The molecule has 1 N–H and O–H groups in total. The van der Waals surface area contributed by atoms with Gasteiger partial charge in [-0.1, -0.05) is 66.3 Å². The average molecular weight is 535 g/mol. The third-order valence-corrected chi connectivity index (χ3v) is 9.18. The summed E-state index contributed by atoms with van der Waals surface area (Å²) in [5.41, 5.74) is 5.91. The Kier molecular flexibility index (Phi) is 7.23. The number of phenolic OH excluding ortho intramolecular Hbond substituents is 1. The molecule has 3 aromatic carbocycles. The molecule has 194 valence electrons. The van der Waals surface area contributed by atoms with E-state index in [1.165, 1.54) is 11.1 Å². The summed E-state index contributed by atoms with van der Waals surface area (Å²) in [6.45, 7) is 11.6. The fraction of sp³-hybridized carbons (Fsp3) is 0.387. The first kappa shape index (κ1) is 26.0. The molecular weight excluding hydrogens is 500 g/mol. The first-order valence-electron chi connectivity index (χ1n) is 13.0. The summed E-state index contributed by atoms with van der Waals surface area (Å²) in [4.78, 5) is 5.75. The van der Waals surface area contributed by atoms with Crippen molar-refractivity contribution in [1.82, 2.24) is 9.80 Å². The number of thiocarbonyl (C=S) groups is 1. The van der Waals surface area contributed by atoms with Gasteiger partial charge in [0.25, 0.3) is 0 Å². The number of phenols is 1. The topological polar surface area (TPSA) is 35.9 Å². The zero-order chi connectivity index (χ0) is 26.3. The summed E-state index contributed by atoms with van der Waals surface area (Å²) in [5.74, 6) is 1.28. The molecule has 0 bridgehead atoms. The Morgan fingerprint density at radius 1 is 0.919 bits per heavy atom. The van der Waals surface area contributed by atoms with Crippen LogP contribution < -0.4 is 4.74 Å². The van der Waals surface area contributed by atoms with Gasteiger partial charge in [-0.15, -0.1) is 0 Å². The molecule has 0 saturated carbocycles. The van der Waals surface area contributed by atoms with Crippen LogP contribution in [0.5, 0.6) is 11.5 Å². The van der Waals surface area contributed by atoms with Crippen LogP contribution in [0.15, 0.2) is 54.6 Å². The van der Waals surface area contributed by atoms with Gasteiger partial charge in [0.15, 0.2) is 5.60 Å². The average Bonchev–Trinajstić information content (AvgIpc) is 2.92. The van der Waals surface area contributed by atoms with Gasteiger partial charge in [-0.25, -0.2) is 0 Å². The van der Waals surface area contributed by atoms with Crippen LogP contribution in [0.3, 0.4) is 0 Å². The van der Waals surface area contributed by atoms with Crippen molar-refractivity contribution in [3.8, 4) is 11.5 Å². The van der Waals surface area contributed by atoms with Crippen LogP contribution in [0.4, 0.5) is 0 Å². The molecule has 2 heterocycles. The second-order valence-corrected chi connectivity index (χ2v) is 11.4. The Morgan fingerprint density at radius 3 is 2.19 bits per heavy atom. The van der Waals surface area contributed by atoms with Crippen LogP contribution in [0, 0.1) is 20.8 Å². The van der Waals surface area contributed by atoms with Crippen LogP contribution in [0.1, 0.15) is 52.8 Å². The molecule has 0 aromatic heterocycles. The zero-order valence-corrected chi connectivity index (χ0v) is 23.6. The van der Waals surface area contributed by atoms with Crippen molar-refractivity contribution in [3.63, 3.8) is 0 Å². The molecule has 1 fully saturated rings. The van der Waals surface area contributed by atoms with Gasteiger partial charge in [-0.05, 0) is 80.5 Å². The monoisotopic (exact) mass is 534 g/mol. The van der Waals surface area contributed by atoms with Crippen LogP contribution in [-0.4, -0.2) is 51.7 Å². The third-order valence-electron chi connectivity index (χ3n) is 8.24. The summed E-state index contributed by atoms with van der Waals surface area (Å²) < 4.78 is 6.69. The highest BCUT2D eigenvalue weighted by Crippen LogP contribution is 2.44. The highest BCUT2D eigenvalue weighted by atomic mass is 35.5. The SMILES string of the molecule is Cc1c(C)c2c(c(C)c1O)CCC(C)(C(=S)N1CCN(C(c3ccccc3)c3ccc(Cl)cc3)CC1)O2. The molecule has 2 atom stereocenters. The van der Waals surface area contributed by atoms with Gasteiger partial charge in [-0.3, -0.25) is 4.90 Å². The maximum absolute atomic E-state index is 10.5. The minimum atomic E-state index is -0.542. The molecule has 2 aliphatic rings. The predicted molar refractivity (Wildman–Crippen MR) is 155 cm³/mol. The Morgan fingerprint density at radius 2 is 1.54 bits per heavy atom. The number of ether oxygens (including phenoxy) is 1. The molecule has 5 rings (SSSR count). The van der Waals surface area contributed by atoms with E-state index in [1.54, 1.807) is 0 Å². The van der Waals surface area contributed by atoms with Crippen LogP contribution >= 0.6 is 23.8 Å². The molecule has 37 heavy (non-hydrogen) atoms. The van der Waals surface area contributed by atoms with E-state index in [0.717, 1.165) is 77.0 Å². The molecular formula is C31H35ClN2O2S. The first-order chi connectivity index (χ1) is 17.7. The Bertz CT molecular complexity index is 1300. The predicted octanol–water partition coefficient (Wildman–Crippen LogP) is 6.79. The minimum absolute atomic E-state index is 0.170. The fourth-order valence-electron chi connectivity index (χ4n) is 5.81. The van der Waals surface area contributed by atoms with E-state index in [1.807, 2.05) is 32.9 Å². The summed E-state index contributed by atoms with van der Waals surface area (Å²) in [6, 6.07) is 19.1. The Balaban J connectivity index is 1.33. The smallest absolute Gasteiger partial charge is 0.156 e. The molecule has 3 aromatic rings. The molecule has 0 radical (unpaired) electrons. The number of piperazine rings is 1. The third kappa shape index (κ3) is 4.85. The van der Waals surface area contributed by atoms with E-state index in [9.17, 15) is 5.11 Å². The molecule has 6 heteroatoms. The second-order valence-electron chi connectivity index (χ2n) is 10.6. The number of aromatic hydroxyl groups is 1. The number of nitrogens with zero attached hydrogens (tertiary/aromatic N) is 2. The van der Waals surface area contributed by atoms with Crippen LogP contribution in [0.2, 0.25) is 5.02 Å². The largest absolute Gasteiger partial charge is 0.507 e. The van der Waals surface area contributed by atoms with Gasteiger partial charge < -0.3 is 14.7 Å². The zero-order valence-electron chi connectivity index (χ0n) is 22.1. The molecule has 2 aliphatic heterocycles. The van der Waals surface area contributed by atoms with Gasteiger partial charge in [0.1, 0.15) is 16.5 Å². The van der Waals surface area contributed by atoms with E-state index < -0.39 is 5.60 Å². The highest BCUT2D eigenvalue weighted by molar-refractivity contribution is 7.80. The van der Waals surface area contributed by atoms with Crippen LogP contribution in [-0.2, 0) is 6.42 Å². The summed E-state index contributed by atoms with van der Waals surface area (Å²) >= 11 is 12.3. The van der Waals surface area contributed by atoms with E-state index in [-0.39, 0.29) is 6.04 Å². The lowest BCUT2D eigenvalue weighted by Crippen LogP contribution is -2.57. The van der Waals surface area contributed by atoms with Gasteiger partial charge in [0, 0.05) is 36.8 Å². The van der Waals surface area contributed by atoms with E-state index in [2.05, 4.69) is 59.2 Å². The van der Waals surface area contributed by atoms with E-state index in [0.29, 0.717) is 5.75 Å². The number of benzene rings is 3. The number of rotatable bonds is 4. The van der Waals surface area contributed by atoms with Gasteiger partial charge >= 0.3 is 0 Å². The molecule has 4 nitrogen and oxygen atoms in total. The lowest BCUT2D eigenvalue weighted by molar-refractivity contribution is 0.101. The second kappa shape index (κ2) is 10.3. The summed E-state index contributed by atoms with van der Waals surface area (Å²) in [6.07, 6.45) is 1.65. The van der Waals surface area contributed by atoms with Crippen molar-refractivity contribution in [1.29, 1.82) is 0 Å². The maximum Gasteiger partial charge on any atom is 0.156 e. The Labute approximate surface area is 230 Å². The molecule has 2 unspecified atom stereocenters. The van der Waals surface area contributed by atoms with Gasteiger partial charge in [-0.2, -0.15) is 0 Å². The number of fused-ring (bicyclic) bond motifs is 1. The number of hydrogen-bond acceptors (Lipinski definition) is 4. The van der Waals surface area contributed by atoms with Crippen molar-refractivity contribution in [2.24, 2.45) is 0 Å². The van der Waals surface area contributed by atoms with Gasteiger partial charge in [0.2, 0.25) is 0 Å². The van der Waals surface area contributed by atoms with Crippen LogP contribution in [0.25, 0.3) is 0 Å². The van der Waals surface area contributed by atoms with Gasteiger partial charge in [0.05, 0.1) is 6.04 Å². The molecule has 0 amide bonds. The van der Waals surface area contributed by atoms with Crippen molar-refractivity contribution in [2.75, 3.05) is 26.2 Å². The lowest BCUT2D eigenvalue weighted by atomic mass is 9.86. The van der Waals surface area contributed by atoms with E-state index >= 15 is 0 Å². The van der Waals surface area contributed by atoms with Crippen molar-refractivity contribution in [3.05, 3.63) is 93.0 Å². The summed E-state index contributed by atoms with van der Waals surface area (Å²) in [7, 11) is 0. The molecule has 0 spiro atoms. The number of halogens is 1. The number of hydrogen-bond donors (Lipinski definition) is 1. The quantitative estimate of drug-likeness (QED) is 0.373. The lowest BCUT2D eigenvalue weighted by Gasteiger charge is -2.45.